The summed E-state index contributed by atoms with van der Waals surface area (Å²) in [5.74, 6) is 4.76. The molecule has 1 atom stereocenters. The molecule has 108 valence electrons. The van der Waals surface area contributed by atoms with Gasteiger partial charge in [-0.1, -0.05) is 0 Å². The third kappa shape index (κ3) is 4.54. The fourth-order valence-corrected chi connectivity index (χ4v) is 1.20. The summed E-state index contributed by atoms with van der Waals surface area (Å²) >= 11 is 0. The number of anilines is 2. The zero-order chi connectivity index (χ0) is 14.7. The van der Waals surface area contributed by atoms with Crippen LogP contribution >= 0.6 is 0 Å². The summed E-state index contributed by atoms with van der Waals surface area (Å²) in [6.45, 7) is 0.623. The van der Waals surface area contributed by atoms with E-state index < -0.39 is 23.9 Å². The van der Waals surface area contributed by atoms with Crippen LogP contribution in [0.25, 0.3) is 0 Å². The van der Waals surface area contributed by atoms with Gasteiger partial charge in [0.25, 0.3) is 0 Å². The molecule has 0 saturated heterocycles. The molecule has 0 aliphatic rings. The summed E-state index contributed by atoms with van der Waals surface area (Å²) in [7, 11) is 0. The Morgan fingerprint density at radius 1 is 1.32 bits per heavy atom. The van der Waals surface area contributed by atoms with Crippen molar-refractivity contribution in [3.63, 3.8) is 0 Å². The fraction of sp³-hybridized carbons (Fsp3) is 0.500. The molecule has 6 N–H and O–H groups in total. The number of nitrogens with two attached hydrogens (primary N) is 1. The van der Waals surface area contributed by atoms with Gasteiger partial charge in [-0.05, 0) is 19.1 Å². The van der Waals surface area contributed by atoms with E-state index >= 15 is 0 Å². The summed E-state index contributed by atoms with van der Waals surface area (Å²) in [4.78, 5) is 3.76. The zero-order valence-electron chi connectivity index (χ0n) is 10.1. The molecule has 9 heteroatoms. The van der Waals surface area contributed by atoms with Crippen molar-refractivity contribution in [2.24, 2.45) is 5.84 Å². The predicted octanol–water partition coefficient (Wildman–Crippen LogP) is 0.541. The van der Waals surface area contributed by atoms with Crippen LogP contribution in [-0.4, -0.2) is 33.9 Å². The average Bonchev–Trinajstić information content (AvgIpc) is 2.35. The predicted molar refractivity (Wildman–Crippen MR) is 63.2 cm³/mol. The van der Waals surface area contributed by atoms with E-state index in [0.717, 1.165) is 12.1 Å². The fourth-order valence-electron chi connectivity index (χ4n) is 1.20. The maximum Gasteiger partial charge on any atom is 0.416 e. The van der Waals surface area contributed by atoms with Crippen molar-refractivity contribution >= 4 is 11.6 Å². The molecule has 0 aliphatic heterocycles. The van der Waals surface area contributed by atoms with Crippen molar-refractivity contribution in [1.82, 2.24) is 4.98 Å². The van der Waals surface area contributed by atoms with Gasteiger partial charge in [-0.25, -0.2) is 10.8 Å². The molecule has 0 bridgehead atoms. The summed E-state index contributed by atoms with van der Waals surface area (Å²) < 4.78 is 37.8. The van der Waals surface area contributed by atoms with Crippen LogP contribution in [0, 0.1) is 0 Å². The molecule has 1 unspecified atom stereocenters. The van der Waals surface area contributed by atoms with Crippen LogP contribution in [-0.2, 0) is 6.18 Å². The number of aliphatic hydroxyl groups excluding tert-OH is 1. The summed E-state index contributed by atoms with van der Waals surface area (Å²) in [5.41, 5.74) is -0.367. The smallest absolute Gasteiger partial charge is 0.393 e. The van der Waals surface area contributed by atoms with Gasteiger partial charge in [0.2, 0.25) is 0 Å². The lowest BCUT2D eigenvalue weighted by Crippen LogP contribution is -2.37. The van der Waals surface area contributed by atoms with Crippen molar-refractivity contribution in [1.29, 1.82) is 0 Å². The van der Waals surface area contributed by atoms with Gasteiger partial charge in [-0.15, -0.1) is 0 Å². The lowest BCUT2D eigenvalue weighted by atomic mass is 10.1. The first-order valence-corrected chi connectivity index (χ1v) is 5.31. The summed E-state index contributed by atoms with van der Waals surface area (Å²) in [6.07, 6.45) is -4.54. The average molecular weight is 280 g/mol. The number of hydrogen-bond acceptors (Lipinski definition) is 6. The first-order chi connectivity index (χ1) is 8.68. The van der Waals surface area contributed by atoms with Gasteiger partial charge in [0.05, 0.1) is 12.2 Å². The van der Waals surface area contributed by atoms with Crippen LogP contribution < -0.4 is 16.6 Å². The highest BCUT2D eigenvalue weighted by Gasteiger charge is 2.31. The number of aromatic nitrogens is 1. The molecule has 0 saturated carbocycles. The van der Waals surface area contributed by atoms with Crippen molar-refractivity contribution in [3.05, 3.63) is 17.7 Å². The summed E-state index contributed by atoms with van der Waals surface area (Å²) in [5, 5.41) is 20.9. The standard InChI is InChI=1S/C10H15F3N4O2/c1-9(19,5-18)4-15-7-2-6(10(11,12)13)3-8(16-7)17-14/h2-3,18-19H,4-5,14H2,1H3,(H2,15,16,17). The molecular formula is C10H15F3N4O2. The number of aliphatic hydroxyl groups is 2. The Balaban J connectivity index is 2.95. The third-order valence-corrected chi connectivity index (χ3v) is 2.29. The van der Waals surface area contributed by atoms with Gasteiger partial charge in [-0.3, -0.25) is 0 Å². The van der Waals surface area contributed by atoms with Gasteiger partial charge < -0.3 is 21.0 Å². The number of rotatable bonds is 5. The maximum absolute atomic E-state index is 12.6. The molecule has 0 amide bonds. The molecule has 0 fully saturated rings. The van der Waals surface area contributed by atoms with Gasteiger partial charge >= 0.3 is 6.18 Å². The number of halogens is 3. The lowest BCUT2D eigenvalue weighted by Gasteiger charge is -2.21. The largest absolute Gasteiger partial charge is 0.416 e. The molecule has 1 aromatic heterocycles. The SMILES string of the molecule is CC(O)(CO)CNc1cc(C(F)(F)F)cc(NN)n1. The second-order valence-corrected chi connectivity index (χ2v) is 4.28. The first-order valence-electron chi connectivity index (χ1n) is 5.31. The monoisotopic (exact) mass is 280 g/mol. The topological polar surface area (TPSA) is 103 Å². The van der Waals surface area contributed by atoms with E-state index in [1.807, 2.05) is 5.43 Å². The molecule has 6 nitrogen and oxygen atoms in total. The maximum atomic E-state index is 12.6. The van der Waals surface area contributed by atoms with Gasteiger partial charge in [-0.2, -0.15) is 13.2 Å². The van der Waals surface area contributed by atoms with E-state index in [-0.39, 0.29) is 18.2 Å². The Morgan fingerprint density at radius 2 is 1.89 bits per heavy atom. The lowest BCUT2D eigenvalue weighted by molar-refractivity contribution is -0.137. The number of nitrogens with zero attached hydrogens (tertiary/aromatic N) is 1. The molecular weight excluding hydrogens is 265 g/mol. The summed E-state index contributed by atoms with van der Waals surface area (Å²) in [6, 6.07) is 1.55. The van der Waals surface area contributed by atoms with E-state index in [1.54, 1.807) is 0 Å². The first kappa shape index (κ1) is 15.5. The van der Waals surface area contributed by atoms with Crippen LogP contribution in [0.4, 0.5) is 24.8 Å². The number of hydrazine groups is 1. The van der Waals surface area contributed by atoms with Gasteiger partial charge in [0.1, 0.15) is 17.2 Å². The second-order valence-electron chi connectivity index (χ2n) is 4.28. The number of alkyl halides is 3. The Hall–Kier alpha value is -1.58. The van der Waals surface area contributed by atoms with E-state index in [9.17, 15) is 18.3 Å². The van der Waals surface area contributed by atoms with Crippen LogP contribution in [0.3, 0.4) is 0 Å². The Kier molecular flexibility index (Phi) is 4.56. The highest BCUT2D eigenvalue weighted by Crippen LogP contribution is 2.31. The van der Waals surface area contributed by atoms with Crippen molar-refractivity contribution in [3.8, 4) is 0 Å². The Bertz CT molecular complexity index is 437. The van der Waals surface area contributed by atoms with Crippen molar-refractivity contribution in [2.45, 2.75) is 18.7 Å². The van der Waals surface area contributed by atoms with E-state index in [4.69, 9.17) is 10.9 Å². The minimum Gasteiger partial charge on any atom is -0.393 e. The quantitative estimate of drug-likeness (QED) is 0.398. The Morgan fingerprint density at radius 3 is 2.37 bits per heavy atom. The Labute approximate surface area is 107 Å². The van der Waals surface area contributed by atoms with Crippen LogP contribution in [0.1, 0.15) is 12.5 Å². The zero-order valence-corrected chi connectivity index (χ0v) is 10.1. The van der Waals surface area contributed by atoms with Gasteiger partial charge in [0, 0.05) is 6.54 Å². The number of nitrogens with one attached hydrogen (secondary N) is 2. The van der Waals surface area contributed by atoms with Crippen LogP contribution in [0.2, 0.25) is 0 Å². The van der Waals surface area contributed by atoms with Crippen molar-refractivity contribution in [2.75, 3.05) is 23.9 Å². The number of nitrogen functional groups attached to an aromatic ring is 1. The molecule has 19 heavy (non-hydrogen) atoms. The normalized spacial score (nSPS) is 14.9. The molecule has 0 spiro atoms. The van der Waals surface area contributed by atoms with E-state index in [1.165, 1.54) is 6.92 Å². The molecule has 1 heterocycles. The molecule has 0 radical (unpaired) electrons. The minimum atomic E-state index is -4.54. The van der Waals surface area contributed by atoms with E-state index in [2.05, 4.69) is 10.3 Å². The highest BCUT2D eigenvalue weighted by atomic mass is 19.4. The minimum absolute atomic E-state index is 0.114. The van der Waals surface area contributed by atoms with Crippen LogP contribution in [0.5, 0.6) is 0 Å². The number of hydrogen-bond donors (Lipinski definition) is 5. The highest BCUT2D eigenvalue weighted by molar-refractivity contribution is 5.49. The number of pyridine rings is 1. The van der Waals surface area contributed by atoms with Crippen molar-refractivity contribution < 1.29 is 23.4 Å². The molecule has 0 aliphatic carbocycles. The molecule has 0 aromatic carbocycles. The van der Waals surface area contributed by atoms with E-state index in [0.29, 0.717) is 0 Å². The third-order valence-electron chi connectivity index (χ3n) is 2.29. The second kappa shape index (κ2) is 5.59. The van der Waals surface area contributed by atoms with Gasteiger partial charge in [0.15, 0.2) is 0 Å². The molecule has 1 aromatic rings. The van der Waals surface area contributed by atoms with Crippen LogP contribution in [0.15, 0.2) is 12.1 Å². The molecule has 1 rings (SSSR count).